The largest absolute Gasteiger partial charge is 0.490 e. The molecule has 2 N–H and O–H groups in total. The zero-order chi connectivity index (χ0) is 13.8. The summed E-state index contributed by atoms with van der Waals surface area (Å²) in [7, 11) is 1.78. The molecule has 2 unspecified atom stereocenters. The Labute approximate surface area is 116 Å². The minimum Gasteiger partial charge on any atom is -0.490 e. The molecule has 0 aromatic heterocycles. The van der Waals surface area contributed by atoms with Crippen LogP contribution < -0.4 is 10.5 Å². The summed E-state index contributed by atoms with van der Waals surface area (Å²) in [5.74, 6) is 0.933. The summed E-state index contributed by atoms with van der Waals surface area (Å²) in [6.45, 7) is 4.08. The maximum atomic E-state index is 6.17. The van der Waals surface area contributed by atoms with Gasteiger partial charge in [-0.05, 0) is 39.2 Å². The Morgan fingerprint density at radius 3 is 2.68 bits per heavy atom. The van der Waals surface area contributed by atoms with Crippen molar-refractivity contribution >= 4 is 0 Å². The van der Waals surface area contributed by atoms with Gasteiger partial charge in [0, 0.05) is 25.1 Å². The first-order chi connectivity index (χ1) is 9.10. The molecule has 0 radical (unpaired) electrons. The van der Waals surface area contributed by atoms with Crippen molar-refractivity contribution in [3.63, 3.8) is 0 Å². The molecule has 1 aromatic rings. The molecule has 1 aromatic carbocycles. The third-order valence-electron chi connectivity index (χ3n) is 3.86. The van der Waals surface area contributed by atoms with E-state index in [0.29, 0.717) is 6.10 Å². The van der Waals surface area contributed by atoms with Gasteiger partial charge in [-0.2, -0.15) is 0 Å². The summed E-state index contributed by atoms with van der Waals surface area (Å²) >= 11 is 0. The van der Waals surface area contributed by atoms with E-state index in [4.69, 9.17) is 15.2 Å². The number of rotatable bonds is 4. The van der Waals surface area contributed by atoms with Crippen molar-refractivity contribution in [2.75, 3.05) is 7.11 Å². The summed E-state index contributed by atoms with van der Waals surface area (Å²) in [5, 5.41) is 0. The monoisotopic (exact) mass is 263 g/mol. The Kier molecular flexibility index (Phi) is 4.83. The highest BCUT2D eigenvalue weighted by molar-refractivity contribution is 5.38. The van der Waals surface area contributed by atoms with Crippen LogP contribution in [0.1, 0.15) is 49.8 Å². The molecule has 0 spiro atoms. The van der Waals surface area contributed by atoms with Gasteiger partial charge in [-0.15, -0.1) is 0 Å². The minimum atomic E-state index is -0.00304. The Balaban J connectivity index is 2.10. The SMILES string of the molecule is COC1CCCC(Oc2ccc(C)cc2[C@H](C)N)C1. The average molecular weight is 263 g/mol. The van der Waals surface area contributed by atoms with Gasteiger partial charge in [0.25, 0.3) is 0 Å². The Bertz CT molecular complexity index is 417. The topological polar surface area (TPSA) is 44.5 Å². The van der Waals surface area contributed by atoms with E-state index in [1.807, 2.05) is 13.0 Å². The number of benzene rings is 1. The third-order valence-corrected chi connectivity index (χ3v) is 3.86. The molecule has 0 amide bonds. The summed E-state index contributed by atoms with van der Waals surface area (Å²) < 4.78 is 11.6. The molecule has 1 aliphatic rings. The fourth-order valence-corrected chi connectivity index (χ4v) is 2.73. The van der Waals surface area contributed by atoms with E-state index in [1.165, 1.54) is 12.0 Å². The van der Waals surface area contributed by atoms with Crippen LogP contribution in [-0.4, -0.2) is 19.3 Å². The summed E-state index contributed by atoms with van der Waals surface area (Å²) in [6, 6.07) is 6.25. The highest BCUT2D eigenvalue weighted by Crippen LogP contribution is 2.30. The summed E-state index contributed by atoms with van der Waals surface area (Å²) in [5.41, 5.74) is 8.35. The molecular formula is C16H25NO2. The van der Waals surface area contributed by atoms with Crippen molar-refractivity contribution in [3.05, 3.63) is 29.3 Å². The van der Waals surface area contributed by atoms with Gasteiger partial charge in [-0.25, -0.2) is 0 Å². The second-order valence-corrected chi connectivity index (χ2v) is 5.59. The Morgan fingerprint density at radius 2 is 2.00 bits per heavy atom. The number of aryl methyl sites for hydroxylation is 1. The van der Waals surface area contributed by atoms with Crippen LogP contribution in [0, 0.1) is 6.92 Å². The fourth-order valence-electron chi connectivity index (χ4n) is 2.73. The summed E-state index contributed by atoms with van der Waals surface area (Å²) in [6.07, 6.45) is 4.98. The normalized spacial score (nSPS) is 25.1. The summed E-state index contributed by atoms with van der Waals surface area (Å²) in [4.78, 5) is 0. The van der Waals surface area contributed by atoms with Crippen molar-refractivity contribution in [1.29, 1.82) is 0 Å². The van der Waals surface area contributed by atoms with Gasteiger partial charge in [0.2, 0.25) is 0 Å². The van der Waals surface area contributed by atoms with Crippen LogP contribution in [0.4, 0.5) is 0 Å². The molecule has 3 heteroatoms. The van der Waals surface area contributed by atoms with E-state index in [2.05, 4.69) is 19.1 Å². The third kappa shape index (κ3) is 3.71. The van der Waals surface area contributed by atoms with Crippen molar-refractivity contribution in [1.82, 2.24) is 0 Å². The van der Waals surface area contributed by atoms with Crippen LogP contribution in [0.2, 0.25) is 0 Å². The maximum Gasteiger partial charge on any atom is 0.124 e. The van der Waals surface area contributed by atoms with Crippen molar-refractivity contribution in [2.45, 2.75) is 57.8 Å². The van der Waals surface area contributed by atoms with Crippen molar-refractivity contribution in [2.24, 2.45) is 5.73 Å². The lowest BCUT2D eigenvalue weighted by molar-refractivity contribution is 0.0206. The molecule has 0 bridgehead atoms. The van der Waals surface area contributed by atoms with Crippen molar-refractivity contribution in [3.8, 4) is 5.75 Å². The number of nitrogens with two attached hydrogens (primary N) is 1. The van der Waals surface area contributed by atoms with Crippen LogP contribution in [0.15, 0.2) is 18.2 Å². The van der Waals surface area contributed by atoms with Gasteiger partial charge in [-0.1, -0.05) is 17.7 Å². The lowest BCUT2D eigenvalue weighted by atomic mass is 9.94. The van der Waals surface area contributed by atoms with Gasteiger partial charge in [0.05, 0.1) is 6.10 Å². The molecule has 1 aliphatic carbocycles. The molecule has 0 aliphatic heterocycles. The average Bonchev–Trinajstić information content (AvgIpc) is 2.41. The predicted octanol–water partition coefficient (Wildman–Crippen LogP) is 3.35. The smallest absolute Gasteiger partial charge is 0.124 e. The second-order valence-electron chi connectivity index (χ2n) is 5.59. The predicted molar refractivity (Wildman–Crippen MR) is 77.5 cm³/mol. The zero-order valence-electron chi connectivity index (χ0n) is 12.2. The highest BCUT2D eigenvalue weighted by Gasteiger charge is 2.24. The second kappa shape index (κ2) is 6.40. The van der Waals surface area contributed by atoms with Crippen LogP contribution >= 0.6 is 0 Å². The lowest BCUT2D eigenvalue weighted by Crippen LogP contribution is -2.30. The fraction of sp³-hybridized carbons (Fsp3) is 0.625. The molecule has 0 heterocycles. The number of hydrogen-bond acceptors (Lipinski definition) is 3. The van der Waals surface area contributed by atoms with Crippen LogP contribution in [-0.2, 0) is 4.74 Å². The number of hydrogen-bond donors (Lipinski definition) is 1. The van der Waals surface area contributed by atoms with Crippen LogP contribution in [0.5, 0.6) is 5.75 Å². The molecule has 2 rings (SSSR count). The Hall–Kier alpha value is -1.06. The molecule has 0 saturated heterocycles. The quantitative estimate of drug-likeness (QED) is 0.906. The zero-order valence-corrected chi connectivity index (χ0v) is 12.2. The van der Waals surface area contributed by atoms with E-state index in [9.17, 15) is 0 Å². The van der Waals surface area contributed by atoms with E-state index < -0.39 is 0 Å². The van der Waals surface area contributed by atoms with Crippen molar-refractivity contribution < 1.29 is 9.47 Å². The van der Waals surface area contributed by atoms with E-state index in [1.54, 1.807) is 7.11 Å². The van der Waals surface area contributed by atoms with Crippen LogP contribution in [0.3, 0.4) is 0 Å². The van der Waals surface area contributed by atoms with Crippen LogP contribution in [0.25, 0.3) is 0 Å². The number of methoxy groups -OCH3 is 1. The molecule has 1 saturated carbocycles. The molecular weight excluding hydrogens is 238 g/mol. The van der Waals surface area contributed by atoms with Gasteiger partial charge < -0.3 is 15.2 Å². The van der Waals surface area contributed by atoms with E-state index in [0.717, 1.165) is 30.6 Å². The molecule has 3 nitrogen and oxygen atoms in total. The lowest BCUT2D eigenvalue weighted by Gasteiger charge is -2.29. The van der Waals surface area contributed by atoms with Gasteiger partial charge in [-0.3, -0.25) is 0 Å². The molecule has 19 heavy (non-hydrogen) atoms. The first-order valence-corrected chi connectivity index (χ1v) is 7.15. The molecule has 3 atom stereocenters. The van der Waals surface area contributed by atoms with E-state index >= 15 is 0 Å². The molecule has 106 valence electrons. The first kappa shape index (κ1) is 14.4. The van der Waals surface area contributed by atoms with Gasteiger partial charge in [0.15, 0.2) is 0 Å². The number of ether oxygens (including phenoxy) is 2. The standard InChI is InChI=1S/C16H25NO2/c1-11-7-8-16(15(9-11)12(2)17)19-14-6-4-5-13(10-14)18-3/h7-9,12-14H,4-6,10,17H2,1-3H3/t12-,13?,14?/m0/s1. The first-order valence-electron chi connectivity index (χ1n) is 7.15. The Morgan fingerprint density at radius 1 is 1.26 bits per heavy atom. The molecule has 1 fully saturated rings. The van der Waals surface area contributed by atoms with E-state index in [-0.39, 0.29) is 12.1 Å². The van der Waals surface area contributed by atoms with Gasteiger partial charge >= 0.3 is 0 Å². The van der Waals surface area contributed by atoms with Gasteiger partial charge in [0.1, 0.15) is 11.9 Å². The maximum absolute atomic E-state index is 6.17. The highest BCUT2D eigenvalue weighted by atomic mass is 16.5. The minimum absolute atomic E-state index is 0.00304.